The Morgan fingerprint density at radius 3 is 1.14 bits per heavy atom. The monoisotopic (exact) mass is 470 g/mol. The van der Waals surface area contributed by atoms with Gasteiger partial charge in [-0.25, -0.2) is 0 Å². The minimum Gasteiger partial charge on any atom is -0.289 e. The van der Waals surface area contributed by atoms with Crippen molar-refractivity contribution < 1.29 is 9.97 Å². The van der Waals surface area contributed by atoms with Crippen molar-refractivity contribution in [3.05, 3.63) is 113 Å². The van der Waals surface area contributed by atoms with E-state index >= 15 is 0 Å². The summed E-state index contributed by atoms with van der Waals surface area (Å²) in [6.45, 7) is 3.70. The van der Waals surface area contributed by atoms with E-state index in [9.17, 15) is 19.2 Å². The van der Waals surface area contributed by atoms with Crippen molar-refractivity contribution in [2.75, 3.05) is 0 Å². The molecule has 1 heterocycles. The van der Waals surface area contributed by atoms with Crippen molar-refractivity contribution in [2.24, 2.45) is 0 Å². The van der Waals surface area contributed by atoms with Crippen molar-refractivity contribution in [3.63, 3.8) is 0 Å². The predicted molar refractivity (Wildman–Crippen MR) is 142 cm³/mol. The molecule has 0 bridgehead atoms. The Bertz CT molecular complexity index is 2200. The van der Waals surface area contributed by atoms with E-state index in [0.29, 0.717) is 65.2 Å². The fourth-order valence-corrected chi connectivity index (χ4v) is 5.61. The van der Waals surface area contributed by atoms with Crippen molar-refractivity contribution in [1.29, 1.82) is 0 Å². The van der Waals surface area contributed by atoms with Gasteiger partial charge in [0.25, 0.3) is 22.1 Å². The first-order valence-electron chi connectivity index (χ1n) is 11.6. The summed E-state index contributed by atoms with van der Waals surface area (Å²) in [6, 6.07) is 17.1. The van der Waals surface area contributed by atoms with E-state index in [1.165, 1.54) is 0 Å². The molecule has 7 rings (SSSR count). The normalized spacial score (nSPS) is 12.1. The summed E-state index contributed by atoms with van der Waals surface area (Å²) in [5.41, 5.74) is 2.85. The molecule has 0 saturated heterocycles. The van der Waals surface area contributed by atoms with Gasteiger partial charge >= 0.3 is 0 Å². The van der Waals surface area contributed by atoms with E-state index in [-0.39, 0.29) is 21.7 Å². The second-order valence-electron chi connectivity index (χ2n) is 9.39. The van der Waals surface area contributed by atoms with Crippen molar-refractivity contribution in [1.82, 2.24) is 0 Å². The highest BCUT2D eigenvalue weighted by atomic mass is 16.1. The molecule has 0 saturated carbocycles. The molecule has 1 aromatic heterocycles. The molecule has 2 N–H and O–H groups in total. The molecule has 0 aliphatic rings. The van der Waals surface area contributed by atoms with Gasteiger partial charge in [0.1, 0.15) is 10.8 Å². The second-order valence-corrected chi connectivity index (χ2v) is 9.39. The van der Waals surface area contributed by atoms with Crippen LogP contribution >= 0.6 is 0 Å². The Balaban J connectivity index is 1.78. The van der Waals surface area contributed by atoms with Gasteiger partial charge in [0.2, 0.25) is 10.9 Å². The molecule has 6 aromatic carbocycles. The maximum atomic E-state index is 13.6. The average Bonchev–Trinajstić information content (AvgIpc) is 2.89. The highest BCUT2D eigenvalue weighted by Gasteiger charge is 2.28. The third-order valence-corrected chi connectivity index (χ3v) is 7.33. The summed E-state index contributed by atoms with van der Waals surface area (Å²) in [5, 5.41) is 2.84. The number of hydrogen-bond acceptors (Lipinski definition) is 4. The van der Waals surface area contributed by atoms with E-state index in [4.69, 9.17) is 0 Å². The maximum absolute atomic E-state index is 13.6. The lowest BCUT2D eigenvalue weighted by Gasteiger charge is -2.05. The van der Waals surface area contributed by atoms with Crippen LogP contribution in [0.15, 0.2) is 79.8 Å². The zero-order valence-corrected chi connectivity index (χ0v) is 19.4. The molecular formula is C30H18N2O4+2. The maximum Gasteiger partial charge on any atom is 0.288 e. The Morgan fingerprint density at radius 1 is 0.444 bits per heavy atom. The molecule has 6 heteroatoms. The molecular weight excluding hydrogens is 452 g/mol. The van der Waals surface area contributed by atoms with Gasteiger partial charge in [0.15, 0.2) is 10.9 Å². The lowest BCUT2D eigenvalue weighted by Crippen LogP contribution is -2.25. The van der Waals surface area contributed by atoms with Gasteiger partial charge in [0, 0.05) is 43.4 Å². The Kier molecular flexibility index (Phi) is 3.91. The summed E-state index contributed by atoms with van der Waals surface area (Å²) in [5.74, 6) is 0. The van der Waals surface area contributed by atoms with Crippen LogP contribution in [0.5, 0.6) is 0 Å². The molecule has 0 radical (unpaired) electrons. The SMILES string of the molecule is Cc1cc2c(=O)c3ccccc3c(=O)c2c2[nH+]c3c(C)cc4c(=O)c5ccccc5c(=O)c4c3[nH+]c12. The number of hydrogen-bond donors (Lipinski definition) is 0. The van der Waals surface area contributed by atoms with Gasteiger partial charge in [-0.2, -0.15) is 9.97 Å². The van der Waals surface area contributed by atoms with Gasteiger partial charge in [-0.15, -0.1) is 0 Å². The molecule has 0 atom stereocenters. The van der Waals surface area contributed by atoms with E-state index in [1.807, 2.05) is 13.8 Å². The second kappa shape index (κ2) is 6.86. The summed E-state index contributed by atoms with van der Waals surface area (Å²) in [7, 11) is 0. The topological polar surface area (TPSA) is 96.6 Å². The molecule has 0 unspecified atom stereocenters. The van der Waals surface area contributed by atoms with Gasteiger partial charge in [-0.3, -0.25) is 19.2 Å². The molecule has 0 aliphatic heterocycles. The molecule has 6 nitrogen and oxygen atoms in total. The zero-order chi connectivity index (χ0) is 24.9. The lowest BCUT2D eigenvalue weighted by atomic mass is 9.97. The van der Waals surface area contributed by atoms with E-state index in [0.717, 1.165) is 11.1 Å². The summed E-state index contributed by atoms with van der Waals surface area (Å²) >= 11 is 0. The molecule has 0 spiro atoms. The first-order valence-corrected chi connectivity index (χ1v) is 11.6. The number of nitrogens with one attached hydrogen (secondary N) is 2. The molecule has 0 amide bonds. The number of H-pyrrole nitrogens is 2. The standard InChI is InChI=1S/C30H16N2O4/c1-13-11-19-21(29(35)17-9-5-3-7-15(17)27(19)33)25-23(13)31-26-22-20(12-14(2)24(26)32-25)28(34)16-8-4-6-10-18(16)30(22)36/h3-12H,1-2H3/p+2. The number of aromatic amines is 2. The van der Waals surface area contributed by atoms with Crippen molar-refractivity contribution >= 4 is 65.2 Å². The van der Waals surface area contributed by atoms with Gasteiger partial charge in [0.05, 0.1) is 0 Å². The fraction of sp³-hybridized carbons (Fsp3) is 0.0667. The Morgan fingerprint density at radius 2 is 0.778 bits per heavy atom. The summed E-state index contributed by atoms with van der Waals surface area (Å²) in [4.78, 5) is 60.5. The van der Waals surface area contributed by atoms with E-state index in [2.05, 4.69) is 9.97 Å². The van der Waals surface area contributed by atoms with Gasteiger partial charge in [-0.1, -0.05) is 48.5 Å². The minimum atomic E-state index is -0.231. The fourth-order valence-electron chi connectivity index (χ4n) is 5.61. The van der Waals surface area contributed by atoms with Gasteiger partial charge in [-0.05, 0) is 26.0 Å². The van der Waals surface area contributed by atoms with E-state index < -0.39 is 0 Å². The molecule has 0 aliphatic carbocycles. The summed E-state index contributed by atoms with van der Waals surface area (Å²) < 4.78 is 0. The average molecular weight is 470 g/mol. The first-order chi connectivity index (χ1) is 17.4. The van der Waals surface area contributed by atoms with Crippen LogP contribution < -0.4 is 31.7 Å². The number of benzene rings is 6. The Hall–Kier alpha value is -4.84. The highest BCUT2D eigenvalue weighted by molar-refractivity contribution is 6.11. The smallest absolute Gasteiger partial charge is 0.288 e. The first kappa shape index (κ1) is 20.5. The van der Waals surface area contributed by atoms with Crippen LogP contribution in [0.1, 0.15) is 11.1 Å². The molecule has 7 aromatic rings. The van der Waals surface area contributed by atoms with Crippen molar-refractivity contribution in [2.45, 2.75) is 13.8 Å². The number of fused-ring (bicyclic) bond motifs is 8. The van der Waals surface area contributed by atoms with Crippen LogP contribution in [0.4, 0.5) is 0 Å². The third-order valence-electron chi connectivity index (χ3n) is 7.33. The predicted octanol–water partition coefficient (Wildman–Crippen LogP) is 3.17. The number of rotatable bonds is 0. The molecule has 170 valence electrons. The van der Waals surface area contributed by atoms with E-state index in [1.54, 1.807) is 60.7 Å². The van der Waals surface area contributed by atoms with Crippen LogP contribution in [0, 0.1) is 13.8 Å². The quantitative estimate of drug-likeness (QED) is 0.251. The third kappa shape index (κ3) is 2.45. The molecule has 36 heavy (non-hydrogen) atoms. The van der Waals surface area contributed by atoms with Crippen LogP contribution in [0.2, 0.25) is 0 Å². The number of aromatic nitrogens is 2. The molecule has 0 fully saturated rings. The Labute approximate surface area is 201 Å². The largest absolute Gasteiger partial charge is 0.289 e. The lowest BCUT2D eigenvalue weighted by molar-refractivity contribution is -0.359. The number of aryl methyl sites for hydroxylation is 2. The van der Waals surface area contributed by atoms with Crippen molar-refractivity contribution in [3.8, 4) is 0 Å². The highest BCUT2D eigenvalue weighted by Crippen LogP contribution is 2.26. The zero-order valence-electron chi connectivity index (χ0n) is 19.4. The van der Waals surface area contributed by atoms with Crippen LogP contribution in [0.25, 0.3) is 65.2 Å². The minimum absolute atomic E-state index is 0.196. The van der Waals surface area contributed by atoms with Crippen LogP contribution in [-0.2, 0) is 0 Å². The van der Waals surface area contributed by atoms with Gasteiger partial charge < -0.3 is 0 Å². The van der Waals surface area contributed by atoms with Crippen LogP contribution in [-0.4, -0.2) is 0 Å². The summed E-state index contributed by atoms with van der Waals surface area (Å²) in [6.07, 6.45) is 0. The van der Waals surface area contributed by atoms with Crippen LogP contribution in [0.3, 0.4) is 0 Å².